The first-order valence-corrected chi connectivity index (χ1v) is 6.99. The minimum absolute atomic E-state index is 1.21. The van der Waals surface area contributed by atoms with E-state index in [4.69, 9.17) is 0 Å². The van der Waals surface area contributed by atoms with Gasteiger partial charge in [-0.15, -0.1) is 11.3 Å². The summed E-state index contributed by atoms with van der Waals surface area (Å²) < 4.78 is 1.43. The topological polar surface area (TPSA) is 3.24 Å². The zero-order chi connectivity index (χ0) is 10.8. The number of benzene rings is 1. The van der Waals surface area contributed by atoms with E-state index in [-0.39, 0.29) is 0 Å². The van der Waals surface area contributed by atoms with Crippen molar-refractivity contribution in [3.05, 3.63) is 35.2 Å². The number of likely N-dealkylation sites (tertiary alicyclic amines) is 1. The van der Waals surface area contributed by atoms with Gasteiger partial charge in [0.25, 0.3) is 0 Å². The van der Waals surface area contributed by atoms with E-state index in [1.165, 1.54) is 54.5 Å². The molecule has 2 aromatic rings. The molecule has 16 heavy (non-hydrogen) atoms. The van der Waals surface area contributed by atoms with Gasteiger partial charge in [0, 0.05) is 11.2 Å². The van der Waals surface area contributed by atoms with Gasteiger partial charge in [-0.25, -0.2) is 0 Å². The molecule has 2 heterocycles. The first kappa shape index (κ1) is 10.3. The second-order valence-electron chi connectivity index (χ2n) is 4.56. The van der Waals surface area contributed by atoms with Crippen LogP contribution < -0.4 is 0 Å². The Balaban J connectivity index is 1.73. The van der Waals surface area contributed by atoms with Gasteiger partial charge in [0.1, 0.15) is 0 Å². The Kier molecular flexibility index (Phi) is 2.94. The highest BCUT2D eigenvalue weighted by Gasteiger charge is 2.11. The lowest BCUT2D eigenvalue weighted by molar-refractivity contribution is 0.344. The summed E-state index contributed by atoms with van der Waals surface area (Å²) >= 11 is 1.88. The number of thiophene rings is 1. The lowest BCUT2D eigenvalue weighted by Gasteiger charge is -2.13. The van der Waals surface area contributed by atoms with Crippen LogP contribution in [0.1, 0.15) is 18.4 Å². The van der Waals surface area contributed by atoms with Crippen LogP contribution in [0.15, 0.2) is 29.6 Å². The zero-order valence-electron chi connectivity index (χ0n) is 9.48. The molecule has 0 aliphatic carbocycles. The molecule has 0 atom stereocenters. The first-order valence-electron chi connectivity index (χ1n) is 6.11. The quantitative estimate of drug-likeness (QED) is 0.781. The summed E-state index contributed by atoms with van der Waals surface area (Å²) in [5.41, 5.74) is 1.53. The summed E-state index contributed by atoms with van der Waals surface area (Å²) in [5.74, 6) is 0. The first-order chi connectivity index (χ1) is 7.93. The Morgan fingerprint density at radius 3 is 2.81 bits per heavy atom. The lowest BCUT2D eigenvalue weighted by Crippen LogP contribution is -2.21. The third-order valence-electron chi connectivity index (χ3n) is 3.46. The van der Waals surface area contributed by atoms with E-state index in [9.17, 15) is 0 Å². The molecule has 1 aliphatic heterocycles. The van der Waals surface area contributed by atoms with Gasteiger partial charge < -0.3 is 4.90 Å². The molecule has 1 aromatic carbocycles. The Morgan fingerprint density at radius 2 is 1.94 bits per heavy atom. The minimum atomic E-state index is 1.21. The molecule has 3 rings (SSSR count). The van der Waals surface area contributed by atoms with Crippen LogP contribution in [0.25, 0.3) is 10.1 Å². The van der Waals surface area contributed by atoms with E-state index < -0.39 is 0 Å². The summed E-state index contributed by atoms with van der Waals surface area (Å²) in [6, 6.07) is 8.75. The highest BCUT2D eigenvalue weighted by atomic mass is 32.1. The third kappa shape index (κ3) is 2.00. The summed E-state index contributed by atoms with van der Waals surface area (Å²) in [4.78, 5) is 2.59. The lowest BCUT2D eigenvalue weighted by atomic mass is 10.1. The zero-order valence-corrected chi connectivity index (χ0v) is 10.3. The number of fused-ring (bicyclic) bond motifs is 1. The molecule has 0 amide bonds. The molecule has 0 saturated carbocycles. The fraction of sp³-hybridized carbons (Fsp3) is 0.429. The Labute approximate surface area is 101 Å². The van der Waals surface area contributed by atoms with Crippen molar-refractivity contribution in [2.45, 2.75) is 19.3 Å². The van der Waals surface area contributed by atoms with Gasteiger partial charge in [0.15, 0.2) is 0 Å². The van der Waals surface area contributed by atoms with E-state index in [0.717, 1.165) is 0 Å². The van der Waals surface area contributed by atoms with Crippen molar-refractivity contribution in [3.8, 4) is 0 Å². The summed E-state index contributed by atoms with van der Waals surface area (Å²) in [6.07, 6.45) is 4.00. The van der Waals surface area contributed by atoms with Gasteiger partial charge in [0.05, 0.1) is 0 Å². The van der Waals surface area contributed by atoms with Crippen LogP contribution in [0.4, 0.5) is 0 Å². The summed E-state index contributed by atoms with van der Waals surface area (Å²) in [7, 11) is 0. The van der Waals surface area contributed by atoms with Gasteiger partial charge in [-0.1, -0.05) is 18.2 Å². The second-order valence-corrected chi connectivity index (χ2v) is 5.47. The fourth-order valence-electron chi connectivity index (χ4n) is 2.51. The van der Waals surface area contributed by atoms with Crippen molar-refractivity contribution in [2.75, 3.05) is 19.6 Å². The maximum absolute atomic E-state index is 2.59. The van der Waals surface area contributed by atoms with Crippen molar-refractivity contribution in [2.24, 2.45) is 0 Å². The van der Waals surface area contributed by atoms with E-state index in [1.807, 2.05) is 11.3 Å². The van der Waals surface area contributed by atoms with Crippen molar-refractivity contribution in [1.82, 2.24) is 4.90 Å². The highest BCUT2D eigenvalue weighted by molar-refractivity contribution is 7.17. The van der Waals surface area contributed by atoms with Gasteiger partial charge >= 0.3 is 0 Å². The van der Waals surface area contributed by atoms with E-state index >= 15 is 0 Å². The molecule has 0 N–H and O–H groups in total. The normalized spacial score (nSPS) is 17.2. The minimum Gasteiger partial charge on any atom is -0.303 e. The molecule has 0 spiro atoms. The molecule has 1 aromatic heterocycles. The number of rotatable bonds is 3. The molecule has 84 valence electrons. The molecule has 0 bridgehead atoms. The van der Waals surface area contributed by atoms with Crippen LogP contribution in [-0.4, -0.2) is 24.5 Å². The third-order valence-corrected chi connectivity index (χ3v) is 4.47. The predicted molar refractivity (Wildman–Crippen MR) is 71.2 cm³/mol. The molecular weight excluding hydrogens is 214 g/mol. The van der Waals surface area contributed by atoms with Crippen LogP contribution in [0.2, 0.25) is 0 Å². The maximum Gasteiger partial charge on any atom is 0.0345 e. The Hall–Kier alpha value is -0.860. The van der Waals surface area contributed by atoms with Gasteiger partial charge in [-0.3, -0.25) is 0 Å². The average Bonchev–Trinajstić information content (AvgIpc) is 2.96. The molecule has 0 radical (unpaired) electrons. The highest BCUT2D eigenvalue weighted by Crippen LogP contribution is 2.26. The maximum atomic E-state index is 2.59. The van der Waals surface area contributed by atoms with Gasteiger partial charge in [-0.2, -0.15) is 0 Å². The molecular formula is C14H17NS. The van der Waals surface area contributed by atoms with E-state index in [0.29, 0.717) is 0 Å². The van der Waals surface area contributed by atoms with Crippen molar-refractivity contribution in [1.29, 1.82) is 0 Å². The molecule has 1 nitrogen and oxygen atoms in total. The molecule has 2 heteroatoms. The van der Waals surface area contributed by atoms with Crippen LogP contribution in [-0.2, 0) is 6.42 Å². The number of hydrogen-bond donors (Lipinski definition) is 0. The van der Waals surface area contributed by atoms with Crippen molar-refractivity contribution >= 4 is 21.4 Å². The standard InChI is InChI=1S/C14H17NS/c1-2-6-14-13(5-1)12(11-16-14)7-10-15-8-3-4-9-15/h1-2,5-6,11H,3-4,7-10H2. The summed E-state index contributed by atoms with van der Waals surface area (Å²) in [6.45, 7) is 3.85. The van der Waals surface area contributed by atoms with Crippen LogP contribution >= 0.6 is 11.3 Å². The average molecular weight is 231 g/mol. The van der Waals surface area contributed by atoms with Crippen molar-refractivity contribution < 1.29 is 0 Å². The molecule has 0 unspecified atom stereocenters. The van der Waals surface area contributed by atoms with E-state index in [2.05, 4.69) is 34.5 Å². The fourth-order valence-corrected chi connectivity index (χ4v) is 3.51. The largest absolute Gasteiger partial charge is 0.303 e. The molecule has 1 saturated heterocycles. The number of nitrogens with zero attached hydrogens (tertiary/aromatic N) is 1. The van der Waals surface area contributed by atoms with Gasteiger partial charge in [-0.05, 0) is 54.7 Å². The SMILES string of the molecule is c1ccc2c(CCN3CCCC3)csc2c1. The molecule has 1 fully saturated rings. The van der Waals surface area contributed by atoms with Crippen LogP contribution in [0, 0.1) is 0 Å². The van der Waals surface area contributed by atoms with E-state index in [1.54, 1.807) is 0 Å². The predicted octanol–water partition coefficient (Wildman–Crippen LogP) is 3.54. The summed E-state index contributed by atoms with van der Waals surface area (Å²) in [5, 5.41) is 3.80. The number of hydrogen-bond acceptors (Lipinski definition) is 2. The van der Waals surface area contributed by atoms with Gasteiger partial charge in [0.2, 0.25) is 0 Å². The smallest absolute Gasteiger partial charge is 0.0345 e. The Morgan fingerprint density at radius 1 is 1.12 bits per heavy atom. The van der Waals surface area contributed by atoms with Crippen LogP contribution in [0.5, 0.6) is 0 Å². The van der Waals surface area contributed by atoms with Crippen LogP contribution in [0.3, 0.4) is 0 Å². The molecule has 1 aliphatic rings. The second kappa shape index (κ2) is 4.56. The Bertz CT molecular complexity index is 468. The van der Waals surface area contributed by atoms with Crippen molar-refractivity contribution in [3.63, 3.8) is 0 Å². The monoisotopic (exact) mass is 231 g/mol.